The highest BCUT2D eigenvalue weighted by atomic mass is 19.1. The highest BCUT2D eigenvalue weighted by molar-refractivity contribution is 5.83. The second-order valence-corrected chi connectivity index (χ2v) is 7.09. The molecular formula is C21H23FN6O. The fourth-order valence-corrected chi connectivity index (χ4v) is 3.72. The molecule has 3 heterocycles. The molecule has 0 radical (unpaired) electrons. The van der Waals surface area contributed by atoms with E-state index in [-0.39, 0.29) is 11.7 Å². The molecular weight excluding hydrogens is 371 g/mol. The number of likely N-dealkylation sites (tertiary alicyclic amines) is 1. The molecule has 1 atom stereocenters. The Morgan fingerprint density at radius 3 is 2.66 bits per heavy atom. The van der Waals surface area contributed by atoms with E-state index < -0.39 is 6.04 Å². The summed E-state index contributed by atoms with van der Waals surface area (Å²) in [5, 5.41) is 7.16. The van der Waals surface area contributed by atoms with E-state index in [4.69, 9.17) is 0 Å². The number of halogens is 1. The van der Waals surface area contributed by atoms with Crippen LogP contribution in [0.5, 0.6) is 0 Å². The van der Waals surface area contributed by atoms with Gasteiger partial charge in [-0.15, -0.1) is 0 Å². The van der Waals surface area contributed by atoms with E-state index in [0.29, 0.717) is 12.4 Å². The molecule has 1 saturated heterocycles. The Kier molecular flexibility index (Phi) is 5.90. The van der Waals surface area contributed by atoms with Crippen molar-refractivity contribution in [1.29, 1.82) is 0 Å². The maximum absolute atomic E-state index is 13.4. The number of amides is 1. The van der Waals surface area contributed by atoms with Crippen molar-refractivity contribution in [3.05, 3.63) is 72.2 Å². The Hall–Kier alpha value is -3.13. The minimum absolute atomic E-state index is 0.105. The molecule has 1 aromatic carbocycles. The van der Waals surface area contributed by atoms with E-state index in [0.717, 1.165) is 37.1 Å². The van der Waals surface area contributed by atoms with Crippen LogP contribution in [0.25, 0.3) is 5.82 Å². The van der Waals surface area contributed by atoms with Gasteiger partial charge in [-0.25, -0.2) is 19.0 Å². The van der Waals surface area contributed by atoms with E-state index in [1.807, 2.05) is 12.1 Å². The third kappa shape index (κ3) is 4.48. The van der Waals surface area contributed by atoms with Crippen LogP contribution in [-0.4, -0.2) is 43.6 Å². The van der Waals surface area contributed by atoms with Crippen molar-refractivity contribution in [2.24, 2.45) is 0 Å². The Labute approximate surface area is 168 Å². The van der Waals surface area contributed by atoms with Crippen LogP contribution in [-0.2, 0) is 11.3 Å². The fourth-order valence-electron chi connectivity index (χ4n) is 3.72. The van der Waals surface area contributed by atoms with Gasteiger partial charge in [-0.05, 0) is 49.7 Å². The molecule has 8 heteroatoms. The van der Waals surface area contributed by atoms with Crippen molar-refractivity contribution in [3.63, 3.8) is 0 Å². The molecule has 1 aliphatic rings. The van der Waals surface area contributed by atoms with E-state index in [1.54, 1.807) is 29.3 Å². The second kappa shape index (κ2) is 8.91. The summed E-state index contributed by atoms with van der Waals surface area (Å²) in [6, 6.07) is 9.48. The molecule has 0 aliphatic carbocycles. The molecule has 0 spiro atoms. The van der Waals surface area contributed by atoms with Crippen LogP contribution < -0.4 is 5.32 Å². The number of hydrogen-bond donors (Lipinski definition) is 1. The minimum Gasteiger partial charge on any atom is -0.350 e. The second-order valence-electron chi connectivity index (χ2n) is 7.09. The SMILES string of the molecule is O=C(NCc1cccnc1-n1cncn1)C(c1ccc(F)cc1)N1CCCCC1. The topological polar surface area (TPSA) is 75.9 Å². The van der Waals surface area contributed by atoms with Crippen LogP contribution in [0.3, 0.4) is 0 Å². The smallest absolute Gasteiger partial charge is 0.242 e. The van der Waals surface area contributed by atoms with Gasteiger partial charge in [0.15, 0.2) is 5.82 Å². The summed E-state index contributed by atoms with van der Waals surface area (Å²) >= 11 is 0. The van der Waals surface area contributed by atoms with Crippen LogP contribution in [0.2, 0.25) is 0 Å². The van der Waals surface area contributed by atoms with Gasteiger partial charge in [0.05, 0.1) is 0 Å². The van der Waals surface area contributed by atoms with Crippen LogP contribution in [0, 0.1) is 5.82 Å². The first-order chi connectivity index (χ1) is 14.2. The summed E-state index contributed by atoms with van der Waals surface area (Å²) in [5.74, 6) is 0.216. The summed E-state index contributed by atoms with van der Waals surface area (Å²) in [6.07, 6.45) is 7.98. The number of hydrogen-bond acceptors (Lipinski definition) is 5. The first-order valence-corrected chi connectivity index (χ1v) is 9.78. The lowest BCUT2D eigenvalue weighted by molar-refractivity contribution is -0.127. The van der Waals surface area contributed by atoms with Crippen LogP contribution in [0.15, 0.2) is 55.2 Å². The monoisotopic (exact) mass is 394 g/mol. The first kappa shape index (κ1) is 19.2. The number of carbonyl (C=O) groups excluding carboxylic acids is 1. The largest absolute Gasteiger partial charge is 0.350 e. The fraction of sp³-hybridized carbons (Fsp3) is 0.333. The highest BCUT2D eigenvalue weighted by Crippen LogP contribution is 2.25. The minimum atomic E-state index is -0.442. The van der Waals surface area contributed by atoms with Gasteiger partial charge in [-0.1, -0.05) is 24.6 Å². The Balaban J connectivity index is 1.54. The van der Waals surface area contributed by atoms with Crippen LogP contribution >= 0.6 is 0 Å². The summed E-state index contributed by atoms with van der Waals surface area (Å²) in [4.78, 5) is 23.7. The zero-order valence-electron chi connectivity index (χ0n) is 16.0. The predicted octanol–water partition coefficient (Wildman–Crippen LogP) is 2.64. The molecule has 1 fully saturated rings. The van der Waals surface area contributed by atoms with E-state index in [2.05, 4.69) is 25.3 Å². The molecule has 1 unspecified atom stereocenters. The maximum atomic E-state index is 13.4. The molecule has 2 aromatic heterocycles. The maximum Gasteiger partial charge on any atom is 0.242 e. The normalized spacial score (nSPS) is 15.8. The van der Waals surface area contributed by atoms with Gasteiger partial charge in [-0.2, -0.15) is 5.10 Å². The molecule has 4 rings (SSSR count). The van der Waals surface area contributed by atoms with Gasteiger partial charge >= 0.3 is 0 Å². The number of nitrogens with zero attached hydrogens (tertiary/aromatic N) is 5. The average molecular weight is 394 g/mol. The Morgan fingerprint density at radius 1 is 1.14 bits per heavy atom. The number of carbonyl (C=O) groups is 1. The van der Waals surface area contributed by atoms with E-state index in [1.165, 1.54) is 24.9 Å². The number of nitrogens with one attached hydrogen (secondary N) is 1. The highest BCUT2D eigenvalue weighted by Gasteiger charge is 2.28. The van der Waals surface area contributed by atoms with Crippen molar-refractivity contribution < 1.29 is 9.18 Å². The number of aromatic nitrogens is 4. The van der Waals surface area contributed by atoms with Gasteiger partial charge < -0.3 is 5.32 Å². The summed E-state index contributed by atoms with van der Waals surface area (Å²) in [7, 11) is 0. The van der Waals surface area contributed by atoms with Gasteiger partial charge in [0.25, 0.3) is 0 Å². The van der Waals surface area contributed by atoms with Crippen LogP contribution in [0.4, 0.5) is 4.39 Å². The third-order valence-electron chi connectivity index (χ3n) is 5.15. The van der Waals surface area contributed by atoms with Gasteiger partial charge in [0.2, 0.25) is 5.91 Å². The van der Waals surface area contributed by atoms with E-state index >= 15 is 0 Å². The number of piperidine rings is 1. The molecule has 1 amide bonds. The van der Waals surface area contributed by atoms with Crippen molar-refractivity contribution in [1.82, 2.24) is 30.0 Å². The van der Waals surface area contributed by atoms with E-state index in [9.17, 15) is 9.18 Å². The zero-order valence-corrected chi connectivity index (χ0v) is 16.0. The molecule has 0 bridgehead atoms. The number of rotatable bonds is 6. The van der Waals surface area contributed by atoms with Gasteiger partial charge in [0, 0.05) is 18.3 Å². The molecule has 3 aromatic rings. The number of benzene rings is 1. The van der Waals surface area contributed by atoms with Crippen molar-refractivity contribution in [2.45, 2.75) is 31.8 Å². The number of pyridine rings is 1. The summed E-state index contributed by atoms with van der Waals surface area (Å²) in [6.45, 7) is 2.02. The van der Waals surface area contributed by atoms with Gasteiger partial charge in [-0.3, -0.25) is 9.69 Å². The Morgan fingerprint density at radius 2 is 1.93 bits per heavy atom. The van der Waals surface area contributed by atoms with Gasteiger partial charge in [0.1, 0.15) is 24.5 Å². The van der Waals surface area contributed by atoms with Crippen molar-refractivity contribution >= 4 is 5.91 Å². The third-order valence-corrected chi connectivity index (χ3v) is 5.15. The lowest BCUT2D eigenvalue weighted by Crippen LogP contribution is -2.42. The average Bonchev–Trinajstić information content (AvgIpc) is 3.30. The quantitative estimate of drug-likeness (QED) is 0.696. The molecule has 1 N–H and O–H groups in total. The molecule has 0 saturated carbocycles. The van der Waals surface area contributed by atoms with Crippen molar-refractivity contribution in [3.8, 4) is 5.82 Å². The lowest BCUT2D eigenvalue weighted by atomic mass is 10.0. The van der Waals surface area contributed by atoms with Crippen LogP contribution in [0.1, 0.15) is 36.4 Å². The zero-order chi connectivity index (χ0) is 20.1. The molecule has 1 aliphatic heterocycles. The first-order valence-electron chi connectivity index (χ1n) is 9.78. The predicted molar refractivity (Wildman–Crippen MR) is 106 cm³/mol. The molecule has 7 nitrogen and oxygen atoms in total. The summed E-state index contributed by atoms with van der Waals surface area (Å²) in [5.41, 5.74) is 1.64. The molecule has 29 heavy (non-hydrogen) atoms. The lowest BCUT2D eigenvalue weighted by Gasteiger charge is -2.34. The standard InChI is InChI=1S/C21H23FN6O/c22-18-8-6-16(7-9-18)19(27-11-2-1-3-12-27)21(29)25-13-17-5-4-10-24-20(17)28-15-23-14-26-28/h4-10,14-15,19H,1-3,11-13H2,(H,25,29). The van der Waals surface area contributed by atoms with Crippen molar-refractivity contribution in [2.75, 3.05) is 13.1 Å². The summed E-state index contributed by atoms with van der Waals surface area (Å²) < 4.78 is 15.0. The molecule has 150 valence electrons. The Bertz CT molecular complexity index is 938.